The van der Waals surface area contributed by atoms with Gasteiger partial charge in [0.25, 0.3) is 10.0 Å². The number of hydrogen-bond donors (Lipinski definition) is 2. The van der Waals surface area contributed by atoms with Gasteiger partial charge in [0, 0.05) is 0 Å². The highest BCUT2D eigenvalue weighted by Crippen LogP contribution is 2.16. The van der Waals surface area contributed by atoms with Crippen molar-refractivity contribution in [3.8, 4) is 11.5 Å². The van der Waals surface area contributed by atoms with Crippen molar-refractivity contribution in [2.24, 2.45) is 0 Å². The van der Waals surface area contributed by atoms with Crippen LogP contribution < -0.4 is 19.5 Å². The summed E-state index contributed by atoms with van der Waals surface area (Å²) in [5.41, 5.74) is 0. The molecular formula is C15H18N2O5S2. The van der Waals surface area contributed by atoms with E-state index in [0.29, 0.717) is 5.75 Å². The maximum atomic E-state index is 11.8. The van der Waals surface area contributed by atoms with Gasteiger partial charge in [0.15, 0.2) is 0 Å². The average Bonchev–Trinajstić information content (AvgIpc) is 3.13. The molecule has 1 amide bonds. The molecule has 0 aliphatic heterocycles. The fourth-order valence-corrected chi connectivity index (χ4v) is 3.76. The van der Waals surface area contributed by atoms with Crippen LogP contribution in [-0.2, 0) is 14.8 Å². The molecule has 1 aromatic carbocycles. The lowest BCUT2D eigenvalue weighted by Crippen LogP contribution is -2.38. The molecule has 1 heterocycles. The van der Waals surface area contributed by atoms with Gasteiger partial charge in [0.1, 0.15) is 22.3 Å². The van der Waals surface area contributed by atoms with Crippen molar-refractivity contribution in [1.29, 1.82) is 0 Å². The van der Waals surface area contributed by atoms with Crippen molar-refractivity contribution in [2.75, 3.05) is 26.8 Å². The first-order valence-corrected chi connectivity index (χ1v) is 9.44. The lowest BCUT2D eigenvalue weighted by Gasteiger charge is -2.09. The van der Waals surface area contributed by atoms with E-state index in [4.69, 9.17) is 9.47 Å². The maximum Gasteiger partial charge on any atom is 0.250 e. The fourth-order valence-electron chi connectivity index (χ4n) is 1.74. The summed E-state index contributed by atoms with van der Waals surface area (Å²) in [6.07, 6.45) is 0. The number of amides is 1. The van der Waals surface area contributed by atoms with Crippen molar-refractivity contribution < 1.29 is 22.7 Å². The molecule has 1 aromatic heterocycles. The Hall–Kier alpha value is -2.10. The highest BCUT2D eigenvalue weighted by molar-refractivity contribution is 7.91. The Labute approximate surface area is 144 Å². The molecule has 0 aliphatic carbocycles. The molecule has 0 spiro atoms. The van der Waals surface area contributed by atoms with E-state index in [9.17, 15) is 13.2 Å². The highest BCUT2D eigenvalue weighted by atomic mass is 32.2. The number of sulfonamides is 1. The van der Waals surface area contributed by atoms with Crippen LogP contribution in [0.3, 0.4) is 0 Å². The summed E-state index contributed by atoms with van der Waals surface area (Å²) < 4.78 is 36.6. The fraction of sp³-hybridized carbons (Fsp3) is 0.267. The number of nitrogens with one attached hydrogen (secondary N) is 2. The van der Waals surface area contributed by atoms with Gasteiger partial charge in [-0.2, -0.15) is 0 Å². The lowest BCUT2D eigenvalue weighted by molar-refractivity contribution is -0.120. The Morgan fingerprint density at radius 2 is 1.88 bits per heavy atom. The van der Waals surface area contributed by atoms with Crippen LogP contribution in [0, 0.1) is 0 Å². The number of ether oxygens (including phenoxy) is 2. The van der Waals surface area contributed by atoms with E-state index >= 15 is 0 Å². The van der Waals surface area contributed by atoms with E-state index in [1.165, 1.54) is 6.07 Å². The zero-order chi connectivity index (χ0) is 17.4. The van der Waals surface area contributed by atoms with E-state index in [2.05, 4.69) is 10.0 Å². The molecule has 0 bridgehead atoms. The number of benzene rings is 1. The normalized spacial score (nSPS) is 11.0. The van der Waals surface area contributed by atoms with Crippen LogP contribution in [0.4, 0.5) is 0 Å². The molecule has 2 aromatic rings. The number of rotatable bonds is 9. The molecule has 2 rings (SSSR count). The molecule has 0 saturated carbocycles. The van der Waals surface area contributed by atoms with Gasteiger partial charge in [-0.05, 0) is 35.7 Å². The minimum atomic E-state index is -3.63. The molecule has 0 saturated heterocycles. The third-order valence-electron chi connectivity index (χ3n) is 2.94. The van der Waals surface area contributed by atoms with Crippen LogP contribution in [0.15, 0.2) is 46.0 Å². The molecule has 2 N–H and O–H groups in total. The number of methoxy groups -OCH3 is 1. The topological polar surface area (TPSA) is 93.7 Å². The van der Waals surface area contributed by atoms with Crippen LogP contribution in [0.5, 0.6) is 11.5 Å². The molecular weight excluding hydrogens is 352 g/mol. The van der Waals surface area contributed by atoms with Gasteiger partial charge in [-0.1, -0.05) is 6.07 Å². The smallest absolute Gasteiger partial charge is 0.250 e. The Bertz CT molecular complexity index is 743. The first-order valence-electron chi connectivity index (χ1n) is 7.08. The quantitative estimate of drug-likeness (QED) is 0.648. The van der Waals surface area contributed by atoms with Crippen molar-refractivity contribution in [2.45, 2.75) is 4.21 Å². The minimum absolute atomic E-state index is 0.179. The number of thiophene rings is 1. The first kappa shape index (κ1) is 18.2. The van der Waals surface area contributed by atoms with Crippen molar-refractivity contribution in [1.82, 2.24) is 10.0 Å². The summed E-state index contributed by atoms with van der Waals surface area (Å²) in [6.45, 7) is 0.226. The molecule has 0 unspecified atom stereocenters. The van der Waals surface area contributed by atoms with E-state index in [1.807, 2.05) is 0 Å². The standard InChI is InChI=1S/C15H18N2O5S2/c1-21-12-4-6-13(7-5-12)22-9-8-16-14(18)11-17-24(19,20)15-3-2-10-23-15/h2-7,10,17H,8-9,11H2,1H3,(H,16,18). The SMILES string of the molecule is COc1ccc(OCCNC(=O)CNS(=O)(=O)c2cccs2)cc1. The summed E-state index contributed by atoms with van der Waals surface area (Å²) in [5.74, 6) is 0.964. The summed E-state index contributed by atoms with van der Waals surface area (Å²) >= 11 is 1.09. The van der Waals surface area contributed by atoms with Crippen molar-refractivity contribution in [3.63, 3.8) is 0 Å². The molecule has 9 heteroatoms. The zero-order valence-corrected chi connectivity index (χ0v) is 14.7. The third kappa shape index (κ3) is 5.52. The highest BCUT2D eigenvalue weighted by Gasteiger charge is 2.15. The van der Waals surface area contributed by atoms with E-state index in [0.717, 1.165) is 17.1 Å². The largest absolute Gasteiger partial charge is 0.497 e. The molecule has 130 valence electrons. The van der Waals surface area contributed by atoms with Gasteiger partial charge < -0.3 is 14.8 Å². The van der Waals surface area contributed by atoms with E-state index in [1.54, 1.807) is 42.8 Å². The number of hydrogen-bond acceptors (Lipinski definition) is 6. The Morgan fingerprint density at radius 1 is 1.17 bits per heavy atom. The molecule has 24 heavy (non-hydrogen) atoms. The number of carbonyl (C=O) groups excluding carboxylic acids is 1. The van der Waals surface area contributed by atoms with Crippen LogP contribution in [-0.4, -0.2) is 41.1 Å². The van der Waals surface area contributed by atoms with Crippen LogP contribution in [0.1, 0.15) is 0 Å². The third-order valence-corrected chi connectivity index (χ3v) is 5.73. The van der Waals surface area contributed by atoms with Crippen molar-refractivity contribution >= 4 is 27.3 Å². The van der Waals surface area contributed by atoms with Gasteiger partial charge in [0.05, 0.1) is 20.2 Å². The zero-order valence-electron chi connectivity index (χ0n) is 13.0. The molecule has 0 aliphatic rings. The Morgan fingerprint density at radius 3 is 2.50 bits per heavy atom. The summed E-state index contributed by atoms with van der Waals surface area (Å²) in [4.78, 5) is 11.6. The second-order valence-electron chi connectivity index (χ2n) is 4.63. The van der Waals surface area contributed by atoms with Crippen LogP contribution in [0.2, 0.25) is 0 Å². The molecule has 7 nitrogen and oxygen atoms in total. The van der Waals surface area contributed by atoms with Gasteiger partial charge in [-0.15, -0.1) is 11.3 Å². The minimum Gasteiger partial charge on any atom is -0.497 e. The van der Waals surface area contributed by atoms with Gasteiger partial charge in [0.2, 0.25) is 5.91 Å². The van der Waals surface area contributed by atoms with Gasteiger partial charge >= 0.3 is 0 Å². The van der Waals surface area contributed by atoms with Crippen LogP contribution in [0.25, 0.3) is 0 Å². The monoisotopic (exact) mass is 370 g/mol. The molecule has 0 fully saturated rings. The maximum absolute atomic E-state index is 11.8. The molecule has 0 atom stereocenters. The van der Waals surface area contributed by atoms with E-state index in [-0.39, 0.29) is 23.9 Å². The molecule has 0 radical (unpaired) electrons. The second-order valence-corrected chi connectivity index (χ2v) is 7.57. The lowest BCUT2D eigenvalue weighted by atomic mass is 10.3. The Kier molecular flexibility index (Phi) is 6.59. The van der Waals surface area contributed by atoms with Gasteiger partial charge in [-0.25, -0.2) is 13.1 Å². The summed E-state index contributed by atoms with van der Waals surface area (Å²) in [6, 6.07) is 10.2. The predicted octanol–water partition coefficient (Wildman–Crippen LogP) is 1.23. The Balaban J connectivity index is 1.66. The first-order chi connectivity index (χ1) is 11.5. The number of carbonyl (C=O) groups is 1. The predicted molar refractivity (Wildman–Crippen MR) is 91.0 cm³/mol. The van der Waals surface area contributed by atoms with Crippen molar-refractivity contribution in [3.05, 3.63) is 41.8 Å². The van der Waals surface area contributed by atoms with Gasteiger partial charge in [-0.3, -0.25) is 4.79 Å². The summed E-state index contributed by atoms with van der Waals surface area (Å²) in [5, 5.41) is 4.24. The van der Waals surface area contributed by atoms with Crippen LogP contribution >= 0.6 is 11.3 Å². The summed E-state index contributed by atoms with van der Waals surface area (Å²) in [7, 11) is -2.05. The second kappa shape index (κ2) is 8.67. The average molecular weight is 370 g/mol. The van der Waals surface area contributed by atoms with E-state index < -0.39 is 15.9 Å².